The predicted octanol–water partition coefficient (Wildman–Crippen LogP) is 4.91. The Kier molecular flexibility index (Phi) is 6.75. The number of para-hydroxylation sites is 1. The first-order valence-corrected chi connectivity index (χ1v) is 12.3. The standard InChI is InChI=1S/C27H26N2O3S/c1-2-22-10-8-9-15-26(22)29(33(31,32)25-13-4-3-5-14-25)20-27(30)28-19-21-16-17-23-11-6-7-12-24(23)18-21/h3-18H,2,19-20H2,1H3,(H,28,30). The molecule has 0 aliphatic carbocycles. The van der Waals surface area contributed by atoms with Gasteiger partial charge in [0.25, 0.3) is 10.0 Å². The fourth-order valence-corrected chi connectivity index (χ4v) is 5.29. The van der Waals surface area contributed by atoms with Crippen LogP contribution in [0.1, 0.15) is 18.1 Å². The Hall–Kier alpha value is -3.64. The highest BCUT2D eigenvalue weighted by Crippen LogP contribution is 2.27. The minimum Gasteiger partial charge on any atom is -0.350 e. The molecule has 5 nitrogen and oxygen atoms in total. The molecule has 0 bridgehead atoms. The summed E-state index contributed by atoms with van der Waals surface area (Å²) in [6.45, 7) is 1.98. The van der Waals surface area contributed by atoms with Crippen molar-refractivity contribution in [3.05, 3.63) is 108 Å². The maximum absolute atomic E-state index is 13.5. The highest BCUT2D eigenvalue weighted by Gasteiger charge is 2.28. The molecule has 0 aliphatic rings. The van der Waals surface area contributed by atoms with Crippen molar-refractivity contribution < 1.29 is 13.2 Å². The molecule has 0 saturated carbocycles. The minimum absolute atomic E-state index is 0.151. The van der Waals surface area contributed by atoms with E-state index in [1.165, 1.54) is 4.31 Å². The number of nitrogens with zero attached hydrogens (tertiary/aromatic N) is 1. The van der Waals surface area contributed by atoms with Gasteiger partial charge in [-0.3, -0.25) is 9.10 Å². The Morgan fingerprint density at radius 3 is 2.24 bits per heavy atom. The van der Waals surface area contributed by atoms with Gasteiger partial charge in [0.05, 0.1) is 10.6 Å². The number of carbonyl (C=O) groups is 1. The average molecular weight is 459 g/mol. The molecule has 0 radical (unpaired) electrons. The zero-order valence-corrected chi connectivity index (χ0v) is 19.3. The van der Waals surface area contributed by atoms with Gasteiger partial charge >= 0.3 is 0 Å². The highest BCUT2D eigenvalue weighted by molar-refractivity contribution is 7.92. The monoisotopic (exact) mass is 458 g/mol. The van der Waals surface area contributed by atoms with Crippen LogP contribution in [0.3, 0.4) is 0 Å². The van der Waals surface area contributed by atoms with Crippen LogP contribution in [0.2, 0.25) is 0 Å². The Morgan fingerprint density at radius 1 is 0.818 bits per heavy atom. The number of rotatable bonds is 8. The van der Waals surface area contributed by atoms with E-state index in [-0.39, 0.29) is 17.3 Å². The van der Waals surface area contributed by atoms with Crippen molar-refractivity contribution in [2.24, 2.45) is 0 Å². The predicted molar refractivity (Wildman–Crippen MR) is 133 cm³/mol. The third kappa shape index (κ3) is 5.07. The molecule has 4 aromatic carbocycles. The van der Waals surface area contributed by atoms with E-state index in [2.05, 4.69) is 5.32 Å². The highest BCUT2D eigenvalue weighted by atomic mass is 32.2. The van der Waals surface area contributed by atoms with E-state index in [1.807, 2.05) is 61.5 Å². The van der Waals surface area contributed by atoms with Crippen molar-refractivity contribution in [3.63, 3.8) is 0 Å². The molecule has 0 saturated heterocycles. The maximum atomic E-state index is 13.5. The Balaban J connectivity index is 1.58. The molecule has 168 valence electrons. The van der Waals surface area contributed by atoms with Gasteiger partial charge in [-0.2, -0.15) is 0 Å². The van der Waals surface area contributed by atoms with E-state index in [1.54, 1.807) is 42.5 Å². The summed E-state index contributed by atoms with van der Waals surface area (Å²) in [4.78, 5) is 13.1. The van der Waals surface area contributed by atoms with Crippen molar-refractivity contribution in [2.75, 3.05) is 10.8 Å². The van der Waals surface area contributed by atoms with Gasteiger partial charge < -0.3 is 5.32 Å². The zero-order chi connectivity index (χ0) is 23.3. The summed E-state index contributed by atoms with van der Waals surface area (Å²) < 4.78 is 28.2. The van der Waals surface area contributed by atoms with Gasteiger partial charge in [0.2, 0.25) is 5.91 Å². The summed E-state index contributed by atoms with van der Waals surface area (Å²) in [6, 6.07) is 29.5. The first-order valence-electron chi connectivity index (χ1n) is 10.9. The summed E-state index contributed by atoms with van der Waals surface area (Å²) in [6.07, 6.45) is 0.649. The molecule has 0 aliphatic heterocycles. The number of hydrogen-bond acceptors (Lipinski definition) is 3. The van der Waals surface area contributed by atoms with Crippen LogP contribution in [0, 0.1) is 0 Å². The molecule has 4 rings (SSSR count). The van der Waals surface area contributed by atoms with Crippen molar-refractivity contribution in [1.82, 2.24) is 5.32 Å². The van der Waals surface area contributed by atoms with Crippen LogP contribution in [0.25, 0.3) is 10.8 Å². The molecule has 0 aromatic heterocycles. The second-order valence-electron chi connectivity index (χ2n) is 7.77. The molecule has 1 amide bonds. The van der Waals surface area contributed by atoms with Gasteiger partial charge in [-0.05, 0) is 52.6 Å². The Labute approximate surface area is 194 Å². The van der Waals surface area contributed by atoms with Gasteiger partial charge in [-0.1, -0.05) is 79.7 Å². The largest absolute Gasteiger partial charge is 0.350 e. The van der Waals surface area contributed by atoms with Gasteiger partial charge in [-0.25, -0.2) is 8.42 Å². The van der Waals surface area contributed by atoms with Gasteiger partial charge in [-0.15, -0.1) is 0 Å². The van der Waals surface area contributed by atoms with Crippen molar-refractivity contribution in [3.8, 4) is 0 Å². The fraction of sp³-hybridized carbons (Fsp3) is 0.148. The van der Waals surface area contributed by atoms with Crippen LogP contribution in [-0.4, -0.2) is 20.9 Å². The fourth-order valence-electron chi connectivity index (χ4n) is 3.81. The van der Waals surface area contributed by atoms with E-state index in [0.717, 1.165) is 21.9 Å². The lowest BCUT2D eigenvalue weighted by Crippen LogP contribution is -2.41. The SMILES string of the molecule is CCc1ccccc1N(CC(=O)NCc1ccc2ccccc2c1)S(=O)(=O)c1ccccc1. The molecule has 6 heteroatoms. The summed E-state index contributed by atoms with van der Waals surface area (Å²) in [5.74, 6) is -0.367. The molecular formula is C27H26N2O3S. The van der Waals surface area contributed by atoms with E-state index in [0.29, 0.717) is 18.7 Å². The first-order chi connectivity index (χ1) is 16.0. The molecule has 0 fully saturated rings. The minimum atomic E-state index is -3.92. The lowest BCUT2D eigenvalue weighted by Gasteiger charge is -2.26. The number of benzene rings is 4. The second kappa shape index (κ2) is 9.88. The lowest BCUT2D eigenvalue weighted by atomic mass is 10.1. The molecule has 4 aromatic rings. The summed E-state index contributed by atoms with van der Waals surface area (Å²) >= 11 is 0. The second-order valence-corrected chi connectivity index (χ2v) is 9.63. The number of hydrogen-bond donors (Lipinski definition) is 1. The molecular weight excluding hydrogens is 432 g/mol. The van der Waals surface area contributed by atoms with Gasteiger partial charge in [0, 0.05) is 6.54 Å². The van der Waals surface area contributed by atoms with E-state index < -0.39 is 10.0 Å². The number of anilines is 1. The van der Waals surface area contributed by atoms with Crippen LogP contribution in [0.15, 0.2) is 102 Å². The molecule has 1 N–H and O–H groups in total. The number of sulfonamides is 1. The van der Waals surface area contributed by atoms with Gasteiger partial charge in [0.15, 0.2) is 0 Å². The molecule has 0 heterocycles. The van der Waals surface area contributed by atoms with Crippen molar-refractivity contribution in [2.45, 2.75) is 24.8 Å². The number of aryl methyl sites for hydroxylation is 1. The quantitative estimate of drug-likeness (QED) is 0.408. The van der Waals surface area contributed by atoms with Crippen LogP contribution in [0.5, 0.6) is 0 Å². The topological polar surface area (TPSA) is 66.5 Å². The van der Waals surface area contributed by atoms with Crippen LogP contribution >= 0.6 is 0 Å². The number of carbonyl (C=O) groups excluding carboxylic acids is 1. The van der Waals surface area contributed by atoms with E-state index in [9.17, 15) is 13.2 Å². The van der Waals surface area contributed by atoms with E-state index >= 15 is 0 Å². The number of nitrogens with one attached hydrogen (secondary N) is 1. The van der Waals surface area contributed by atoms with Crippen LogP contribution < -0.4 is 9.62 Å². The van der Waals surface area contributed by atoms with Crippen LogP contribution in [-0.2, 0) is 27.8 Å². The van der Waals surface area contributed by atoms with Crippen molar-refractivity contribution >= 4 is 32.4 Å². The van der Waals surface area contributed by atoms with Crippen LogP contribution in [0.4, 0.5) is 5.69 Å². The smallest absolute Gasteiger partial charge is 0.264 e. The summed E-state index contributed by atoms with van der Waals surface area (Å²) in [5.41, 5.74) is 2.33. The molecule has 0 atom stereocenters. The number of fused-ring (bicyclic) bond motifs is 1. The normalized spacial score (nSPS) is 11.3. The molecule has 33 heavy (non-hydrogen) atoms. The lowest BCUT2D eigenvalue weighted by molar-refractivity contribution is -0.119. The van der Waals surface area contributed by atoms with E-state index in [4.69, 9.17) is 0 Å². The summed E-state index contributed by atoms with van der Waals surface area (Å²) in [5, 5.41) is 5.10. The van der Waals surface area contributed by atoms with Gasteiger partial charge in [0.1, 0.15) is 6.54 Å². The van der Waals surface area contributed by atoms with Crippen molar-refractivity contribution in [1.29, 1.82) is 0 Å². The molecule has 0 spiro atoms. The zero-order valence-electron chi connectivity index (χ0n) is 18.4. The Bertz CT molecular complexity index is 1370. The third-order valence-electron chi connectivity index (χ3n) is 5.56. The first kappa shape index (κ1) is 22.6. The third-order valence-corrected chi connectivity index (χ3v) is 7.34. The Morgan fingerprint density at radius 2 is 1.48 bits per heavy atom. The molecule has 0 unspecified atom stereocenters. The number of amides is 1. The summed E-state index contributed by atoms with van der Waals surface area (Å²) in [7, 11) is -3.92. The average Bonchev–Trinajstić information content (AvgIpc) is 2.86. The maximum Gasteiger partial charge on any atom is 0.264 e.